The average molecular weight is 378 g/mol. The van der Waals surface area contributed by atoms with E-state index in [-0.39, 0.29) is 19.1 Å². The largest absolute Gasteiger partial charge is 0.482 e. The van der Waals surface area contributed by atoms with Gasteiger partial charge in [0.1, 0.15) is 17.9 Å². The van der Waals surface area contributed by atoms with Crippen LogP contribution in [0.4, 0.5) is 16.2 Å². The third-order valence-electron chi connectivity index (χ3n) is 3.60. The highest BCUT2D eigenvalue weighted by molar-refractivity contribution is 6.02. The van der Waals surface area contributed by atoms with Gasteiger partial charge in [-0.1, -0.05) is 13.3 Å². The van der Waals surface area contributed by atoms with E-state index in [1.54, 1.807) is 39.0 Å². The molecule has 0 fully saturated rings. The van der Waals surface area contributed by atoms with Crippen molar-refractivity contribution in [2.45, 2.75) is 46.1 Å². The van der Waals surface area contributed by atoms with Crippen LogP contribution in [-0.4, -0.2) is 43.3 Å². The van der Waals surface area contributed by atoms with Crippen LogP contribution < -0.4 is 15.0 Å². The Hall–Kier alpha value is -2.77. The smallest absolute Gasteiger partial charge is 0.412 e. The molecular weight excluding hydrogens is 352 g/mol. The summed E-state index contributed by atoms with van der Waals surface area (Å²) in [5.74, 6) is -0.398. The van der Waals surface area contributed by atoms with Crippen LogP contribution >= 0.6 is 0 Å². The second kappa shape index (κ2) is 8.75. The predicted molar refractivity (Wildman–Crippen MR) is 100 cm³/mol. The molecule has 0 aliphatic carbocycles. The number of fused-ring (bicyclic) bond motifs is 1. The van der Waals surface area contributed by atoms with Crippen molar-refractivity contribution in [3.63, 3.8) is 0 Å². The van der Waals surface area contributed by atoms with Gasteiger partial charge in [-0.25, -0.2) is 4.79 Å². The first kappa shape index (κ1) is 20.5. The summed E-state index contributed by atoms with van der Waals surface area (Å²) in [5.41, 5.74) is 0.184. The first-order chi connectivity index (χ1) is 12.7. The molecule has 0 saturated carbocycles. The van der Waals surface area contributed by atoms with Crippen LogP contribution in [0.15, 0.2) is 18.2 Å². The standard InChI is InChI=1S/C19H26N2O6/c1-5-6-9-25-17(23)11-21-14-10-13(20-18(24)27-19(2,3)4)7-8-15(14)26-12-16(21)22/h7-8,10H,5-6,9,11-12H2,1-4H3,(H,20,24). The first-order valence-corrected chi connectivity index (χ1v) is 8.92. The molecule has 8 nitrogen and oxygen atoms in total. The second-order valence-corrected chi connectivity index (χ2v) is 7.15. The molecular formula is C19H26N2O6. The molecule has 1 aromatic rings. The van der Waals surface area contributed by atoms with Crippen molar-refractivity contribution in [3.8, 4) is 5.75 Å². The second-order valence-electron chi connectivity index (χ2n) is 7.15. The lowest BCUT2D eigenvalue weighted by atomic mass is 10.2. The van der Waals surface area contributed by atoms with E-state index < -0.39 is 17.7 Å². The van der Waals surface area contributed by atoms with E-state index in [0.29, 0.717) is 23.7 Å². The lowest BCUT2D eigenvalue weighted by Crippen LogP contribution is -2.42. The van der Waals surface area contributed by atoms with Gasteiger partial charge in [-0.15, -0.1) is 0 Å². The van der Waals surface area contributed by atoms with E-state index in [1.165, 1.54) is 4.90 Å². The molecule has 0 radical (unpaired) electrons. The van der Waals surface area contributed by atoms with E-state index in [2.05, 4.69) is 5.32 Å². The van der Waals surface area contributed by atoms with Crippen LogP contribution in [0.3, 0.4) is 0 Å². The van der Waals surface area contributed by atoms with E-state index in [0.717, 1.165) is 12.8 Å². The SMILES string of the molecule is CCCCOC(=O)CN1C(=O)COc2ccc(NC(=O)OC(C)(C)C)cc21. The van der Waals surface area contributed by atoms with Crippen LogP contribution in [0, 0.1) is 0 Å². The van der Waals surface area contributed by atoms with Gasteiger partial charge in [0.05, 0.1) is 12.3 Å². The zero-order valence-electron chi connectivity index (χ0n) is 16.2. The molecule has 2 rings (SSSR count). The Labute approximate surface area is 158 Å². The number of nitrogens with one attached hydrogen (secondary N) is 1. The van der Waals surface area contributed by atoms with Crippen LogP contribution in [0.1, 0.15) is 40.5 Å². The highest BCUT2D eigenvalue weighted by Crippen LogP contribution is 2.34. The minimum atomic E-state index is -0.633. The van der Waals surface area contributed by atoms with Gasteiger partial charge in [-0.05, 0) is 45.4 Å². The molecule has 0 aromatic heterocycles. The van der Waals surface area contributed by atoms with Gasteiger partial charge in [0.15, 0.2) is 6.61 Å². The number of hydrogen-bond acceptors (Lipinski definition) is 6. The summed E-state index contributed by atoms with van der Waals surface area (Å²) in [6.45, 7) is 7.23. The minimum Gasteiger partial charge on any atom is -0.482 e. The summed E-state index contributed by atoms with van der Waals surface area (Å²) in [4.78, 5) is 37.5. The highest BCUT2D eigenvalue weighted by Gasteiger charge is 2.28. The predicted octanol–water partition coefficient (Wildman–Crippen LogP) is 3.10. The number of hydrogen-bond donors (Lipinski definition) is 1. The molecule has 1 aliphatic rings. The zero-order valence-corrected chi connectivity index (χ0v) is 16.2. The molecule has 0 bridgehead atoms. The number of benzene rings is 1. The van der Waals surface area contributed by atoms with Gasteiger partial charge in [0.2, 0.25) is 0 Å². The van der Waals surface area contributed by atoms with E-state index in [1.807, 2.05) is 6.92 Å². The van der Waals surface area contributed by atoms with Crippen LogP contribution in [0.2, 0.25) is 0 Å². The molecule has 1 aliphatic heterocycles. The Bertz CT molecular complexity index is 711. The maximum absolute atomic E-state index is 12.2. The van der Waals surface area contributed by atoms with Crippen molar-refractivity contribution in [1.82, 2.24) is 0 Å². The summed E-state index contributed by atoms with van der Waals surface area (Å²) in [6, 6.07) is 4.83. The van der Waals surface area contributed by atoms with Crippen LogP contribution in [0.25, 0.3) is 0 Å². The Morgan fingerprint density at radius 2 is 2.04 bits per heavy atom. The van der Waals surface area contributed by atoms with Gasteiger partial charge >= 0.3 is 12.1 Å². The number of ether oxygens (including phenoxy) is 3. The molecule has 8 heteroatoms. The number of rotatable bonds is 6. The third-order valence-corrected chi connectivity index (χ3v) is 3.60. The topological polar surface area (TPSA) is 94.2 Å². The van der Waals surface area contributed by atoms with E-state index >= 15 is 0 Å². The van der Waals surface area contributed by atoms with Gasteiger partial charge in [0, 0.05) is 5.69 Å². The average Bonchev–Trinajstić information content (AvgIpc) is 2.56. The highest BCUT2D eigenvalue weighted by atomic mass is 16.6. The third kappa shape index (κ3) is 6.16. The molecule has 148 valence electrons. The summed E-state index contributed by atoms with van der Waals surface area (Å²) in [7, 11) is 0. The van der Waals surface area contributed by atoms with Crippen LogP contribution in [0.5, 0.6) is 5.75 Å². The molecule has 0 spiro atoms. The quantitative estimate of drug-likeness (QED) is 0.604. The summed E-state index contributed by atoms with van der Waals surface area (Å²) in [6.07, 6.45) is 1.06. The fourth-order valence-electron chi connectivity index (χ4n) is 2.38. The van der Waals surface area contributed by atoms with Crippen molar-refractivity contribution in [1.29, 1.82) is 0 Å². The zero-order chi connectivity index (χ0) is 20.0. The number of carbonyl (C=O) groups is 3. The minimum absolute atomic E-state index is 0.159. The number of amides is 2. The van der Waals surface area contributed by atoms with Crippen molar-refractivity contribution in [2.24, 2.45) is 0 Å². The normalized spacial score (nSPS) is 13.5. The molecule has 27 heavy (non-hydrogen) atoms. The molecule has 2 amide bonds. The molecule has 1 aromatic carbocycles. The lowest BCUT2D eigenvalue weighted by Gasteiger charge is -2.29. The van der Waals surface area contributed by atoms with Gasteiger partial charge < -0.3 is 14.2 Å². The number of carbonyl (C=O) groups excluding carboxylic acids is 3. The lowest BCUT2D eigenvalue weighted by molar-refractivity contribution is -0.143. The van der Waals surface area contributed by atoms with Crippen molar-refractivity contribution >= 4 is 29.3 Å². The molecule has 1 heterocycles. The maximum atomic E-state index is 12.2. The maximum Gasteiger partial charge on any atom is 0.412 e. The summed E-state index contributed by atoms with van der Waals surface area (Å²) in [5, 5.41) is 2.61. The Balaban J connectivity index is 2.13. The van der Waals surface area contributed by atoms with Gasteiger partial charge in [0.25, 0.3) is 5.91 Å². The van der Waals surface area contributed by atoms with Crippen molar-refractivity contribution in [2.75, 3.05) is 30.0 Å². The summed E-state index contributed by atoms with van der Waals surface area (Å²) >= 11 is 0. The summed E-state index contributed by atoms with van der Waals surface area (Å²) < 4.78 is 15.8. The van der Waals surface area contributed by atoms with Gasteiger partial charge in [-0.2, -0.15) is 0 Å². The molecule has 0 atom stereocenters. The number of anilines is 2. The first-order valence-electron chi connectivity index (χ1n) is 8.92. The van der Waals surface area contributed by atoms with E-state index in [4.69, 9.17) is 14.2 Å². The Morgan fingerprint density at radius 3 is 2.70 bits per heavy atom. The van der Waals surface area contributed by atoms with Gasteiger partial charge in [-0.3, -0.25) is 19.8 Å². The fourth-order valence-corrected chi connectivity index (χ4v) is 2.38. The molecule has 0 unspecified atom stereocenters. The molecule has 0 saturated heterocycles. The number of esters is 1. The fraction of sp³-hybridized carbons (Fsp3) is 0.526. The Morgan fingerprint density at radius 1 is 1.30 bits per heavy atom. The van der Waals surface area contributed by atoms with Crippen molar-refractivity contribution < 1.29 is 28.6 Å². The number of nitrogens with zero attached hydrogens (tertiary/aromatic N) is 1. The van der Waals surface area contributed by atoms with Crippen molar-refractivity contribution in [3.05, 3.63) is 18.2 Å². The van der Waals surface area contributed by atoms with Crippen LogP contribution in [-0.2, 0) is 19.1 Å². The Kier molecular flexibility index (Phi) is 6.65. The monoisotopic (exact) mass is 378 g/mol. The number of unbranched alkanes of at least 4 members (excludes halogenated alkanes) is 1. The van der Waals surface area contributed by atoms with E-state index in [9.17, 15) is 14.4 Å². The molecule has 1 N–H and O–H groups in total.